The van der Waals surface area contributed by atoms with Crippen LogP contribution >= 0.6 is 11.6 Å². The first-order valence-corrected chi connectivity index (χ1v) is 7.99. The minimum atomic E-state index is -3.23. The van der Waals surface area contributed by atoms with Crippen LogP contribution in [0, 0.1) is 0 Å². The number of anilines is 1. The Kier molecular flexibility index (Phi) is 3.96. The molecule has 0 spiro atoms. The van der Waals surface area contributed by atoms with Gasteiger partial charge in [0.1, 0.15) is 5.38 Å². The molecule has 0 aliphatic carbocycles. The summed E-state index contributed by atoms with van der Waals surface area (Å²) in [5.74, 6) is -0.406. The van der Waals surface area contributed by atoms with Gasteiger partial charge in [0.05, 0.1) is 11.8 Å². The first-order valence-electron chi connectivity index (χ1n) is 5.84. The van der Waals surface area contributed by atoms with E-state index < -0.39 is 21.3 Å². The molecule has 1 aromatic rings. The van der Waals surface area contributed by atoms with Crippen LogP contribution < -0.4 is 4.90 Å². The molecule has 0 saturated heterocycles. The minimum Gasteiger partial charge on any atom is -0.303 e. The van der Waals surface area contributed by atoms with Crippen LogP contribution in [-0.2, 0) is 14.6 Å². The molecular weight excluding hydrogens is 286 g/mol. The molecule has 4 nitrogen and oxygen atoms in total. The summed E-state index contributed by atoms with van der Waals surface area (Å²) >= 11 is 5.86. The molecule has 0 N–H and O–H groups in total. The normalized spacial score (nSPS) is 22.1. The summed E-state index contributed by atoms with van der Waals surface area (Å²) in [6, 6.07) is 8.44. The number of amides is 1. The van der Waals surface area contributed by atoms with Crippen molar-refractivity contribution in [3.8, 4) is 0 Å². The molecule has 0 bridgehead atoms. The van der Waals surface area contributed by atoms with Gasteiger partial charge in [0.2, 0.25) is 5.91 Å². The van der Waals surface area contributed by atoms with Crippen molar-refractivity contribution in [2.45, 2.75) is 18.3 Å². The van der Waals surface area contributed by atoms with Gasteiger partial charge in [-0.25, -0.2) is 8.42 Å². The van der Waals surface area contributed by atoms with Gasteiger partial charge in [-0.2, -0.15) is 0 Å². The molecule has 102 valence electrons. The number of rotatable bonds is 3. The molecule has 0 radical (unpaired) electrons. The molecule has 1 aliphatic heterocycles. The topological polar surface area (TPSA) is 54.5 Å². The molecule has 6 heteroatoms. The highest BCUT2D eigenvalue weighted by molar-refractivity contribution is 7.94. The van der Waals surface area contributed by atoms with E-state index in [9.17, 15) is 13.2 Å². The largest absolute Gasteiger partial charge is 0.303 e. The SMILES string of the molecule is C[C@@H](Cl)C(=O)N(c1ccccc1)[C@@H]1C=CS(=O)(=O)C1. The highest BCUT2D eigenvalue weighted by Gasteiger charge is 2.32. The molecule has 1 aromatic carbocycles. The smallest absolute Gasteiger partial charge is 0.245 e. The molecule has 1 heterocycles. The first kappa shape index (κ1) is 14.1. The number of hydrogen-bond donors (Lipinski definition) is 0. The Balaban J connectivity index is 2.37. The van der Waals surface area contributed by atoms with E-state index in [1.165, 1.54) is 11.0 Å². The van der Waals surface area contributed by atoms with Crippen LogP contribution in [0.1, 0.15) is 6.92 Å². The van der Waals surface area contributed by atoms with Crippen LogP contribution in [0.15, 0.2) is 41.8 Å². The summed E-state index contributed by atoms with van der Waals surface area (Å²) in [6.45, 7) is 1.58. The zero-order valence-corrected chi connectivity index (χ0v) is 11.9. The summed E-state index contributed by atoms with van der Waals surface area (Å²) in [6.07, 6.45) is 1.53. The van der Waals surface area contributed by atoms with Crippen LogP contribution in [-0.4, -0.2) is 31.5 Å². The number of nitrogens with zero attached hydrogens (tertiary/aromatic N) is 1. The van der Waals surface area contributed by atoms with Crippen molar-refractivity contribution >= 4 is 33.0 Å². The van der Waals surface area contributed by atoms with Crippen molar-refractivity contribution < 1.29 is 13.2 Å². The summed E-state index contributed by atoms with van der Waals surface area (Å²) in [5.41, 5.74) is 0.645. The monoisotopic (exact) mass is 299 g/mol. The number of halogens is 1. The molecular formula is C13H14ClNO3S. The third kappa shape index (κ3) is 3.16. The van der Waals surface area contributed by atoms with Gasteiger partial charge in [0.15, 0.2) is 9.84 Å². The molecule has 0 aromatic heterocycles. The quantitative estimate of drug-likeness (QED) is 0.802. The fraction of sp³-hybridized carbons (Fsp3) is 0.308. The fourth-order valence-corrected chi connectivity index (χ4v) is 3.36. The molecule has 1 amide bonds. The van der Waals surface area contributed by atoms with Gasteiger partial charge in [-0.1, -0.05) is 18.2 Å². The van der Waals surface area contributed by atoms with Crippen molar-refractivity contribution in [3.63, 3.8) is 0 Å². The molecule has 0 fully saturated rings. The van der Waals surface area contributed by atoms with E-state index in [1.54, 1.807) is 31.2 Å². The Labute approximate surface area is 117 Å². The lowest BCUT2D eigenvalue weighted by Crippen LogP contribution is -2.44. The van der Waals surface area contributed by atoms with Gasteiger partial charge >= 0.3 is 0 Å². The number of para-hydroxylation sites is 1. The third-order valence-electron chi connectivity index (χ3n) is 2.85. The summed E-state index contributed by atoms with van der Waals surface area (Å²) < 4.78 is 23.0. The number of carbonyl (C=O) groups excluding carboxylic acids is 1. The average Bonchev–Trinajstić information content (AvgIpc) is 2.71. The van der Waals surface area contributed by atoms with Crippen LogP contribution in [0.4, 0.5) is 5.69 Å². The molecule has 2 atom stereocenters. The molecule has 0 saturated carbocycles. The van der Waals surface area contributed by atoms with Crippen LogP contribution in [0.5, 0.6) is 0 Å². The van der Waals surface area contributed by atoms with Gasteiger partial charge in [-0.3, -0.25) is 4.79 Å². The molecule has 19 heavy (non-hydrogen) atoms. The average molecular weight is 300 g/mol. The van der Waals surface area contributed by atoms with Gasteiger partial charge in [0, 0.05) is 11.1 Å². The predicted octanol–water partition coefficient (Wildman–Crippen LogP) is 1.96. The fourth-order valence-electron chi connectivity index (χ4n) is 1.98. The van der Waals surface area contributed by atoms with E-state index in [1.807, 2.05) is 6.07 Å². The van der Waals surface area contributed by atoms with E-state index in [0.717, 1.165) is 5.41 Å². The number of sulfone groups is 1. The van der Waals surface area contributed by atoms with Gasteiger partial charge < -0.3 is 4.90 Å². The highest BCUT2D eigenvalue weighted by atomic mass is 35.5. The van der Waals surface area contributed by atoms with E-state index in [-0.39, 0.29) is 11.7 Å². The Bertz CT molecular complexity index is 596. The second-order valence-corrected chi connectivity index (χ2v) is 6.97. The van der Waals surface area contributed by atoms with E-state index in [0.29, 0.717) is 5.69 Å². The Morgan fingerprint density at radius 3 is 2.47 bits per heavy atom. The maximum atomic E-state index is 12.2. The van der Waals surface area contributed by atoms with E-state index in [2.05, 4.69) is 0 Å². The van der Waals surface area contributed by atoms with Crippen molar-refractivity contribution in [2.24, 2.45) is 0 Å². The van der Waals surface area contributed by atoms with Crippen molar-refractivity contribution in [1.29, 1.82) is 0 Å². The second-order valence-electron chi connectivity index (χ2n) is 4.39. The predicted molar refractivity (Wildman–Crippen MR) is 76.0 cm³/mol. The lowest BCUT2D eigenvalue weighted by Gasteiger charge is -2.28. The zero-order chi connectivity index (χ0) is 14.0. The second kappa shape index (κ2) is 5.35. The lowest BCUT2D eigenvalue weighted by atomic mass is 10.2. The Hall–Kier alpha value is -1.33. The molecule has 1 aliphatic rings. The van der Waals surface area contributed by atoms with E-state index >= 15 is 0 Å². The molecule has 0 unspecified atom stereocenters. The third-order valence-corrected chi connectivity index (χ3v) is 4.42. The van der Waals surface area contributed by atoms with Crippen LogP contribution in [0.2, 0.25) is 0 Å². The summed E-state index contributed by atoms with van der Waals surface area (Å²) in [7, 11) is -3.23. The summed E-state index contributed by atoms with van der Waals surface area (Å²) in [4.78, 5) is 13.6. The van der Waals surface area contributed by atoms with Crippen LogP contribution in [0.25, 0.3) is 0 Å². The maximum absolute atomic E-state index is 12.2. The van der Waals surface area contributed by atoms with Gasteiger partial charge in [0.25, 0.3) is 0 Å². The summed E-state index contributed by atoms with van der Waals surface area (Å²) in [5, 5.41) is 0.441. The Morgan fingerprint density at radius 2 is 2.00 bits per heavy atom. The van der Waals surface area contributed by atoms with Gasteiger partial charge in [-0.05, 0) is 25.1 Å². The van der Waals surface area contributed by atoms with Gasteiger partial charge in [-0.15, -0.1) is 11.6 Å². The number of carbonyl (C=O) groups is 1. The first-order chi connectivity index (χ1) is 8.91. The molecule has 2 rings (SSSR count). The van der Waals surface area contributed by atoms with Crippen molar-refractivity contribution in [1.82, 2.24) is 0 Å². The Morgan fingerprint density at radius 1 is 1.37 bits per heavy atom. The van der Waals surface area contributed by atoms with E-state index in [4.69, 9.17) is 11.6 Å². The number of hydrogen-bond acceptors (Lipinski definition) is 3. The number of benzene rings is 1. The highest BCUT2D eigenvalue weighted by Crippen LogP contribution is 2.24. The lowest BCUT2D eigenvalue weighted by molar-refractivity contribution is -0.118. The van der Waals surface area contributed by atoms with Crippen molar-refractivity contribution in [3.05, 3.63) is 41.8 Å². The van der Waals surface area contributed by atoms with Crippen LogP contribution in [0.3, 0.4) is 0 Å². The van der Waals surface area contributed by atoms with Crippen molar-refractivity contribution in [2.75, 3.05) is 10.7 Å². The minimum absolute atomic E-state index is 0.1000. The number of alkyl halides is 1. The zero-order valence-electron chi connectivity index (χ0n) is 10.4. The maximum Gasteiger partial charge on any atom is 0.245 e. The standard InChI is InChI=1S/C13H14ClNO3S/c1-10(14)13(16)15(11-5-3-2-4-6-11)12-7-8-19(17,18)9-12/h2-8,10,12H,9H2,1H3/t10-,12-/m1/s1.